The Hall–Kier alpha value is -1.28. The lowest BCUT2D eigenvalue weighted by Gasteiger charge is -2.16. The first-order valence-corrected chi connectivity index (χ1v) is 8.14. The van der Waals surface area contributed by atoms with E-state index in [1.54, 1.807) is 11.8 Å². The van der Waals surface area contributed by atoms with Crippen LogP contribution in [0.25, 0.3) is 0 Å². The number of thioether (sulfide) groups is 1. The number of nitrogen functional groups attached to an aromatic ring is 1. The third-order valence-electron chi connectivity index (χ3n) is 3.01. The summed E-state index contributed by atoms with van der Waals surface area (Å²) in [5.41, 5.74) is 5.74. The first-order valence-electron chi connectivity index (χ1n) is 6.98. The highest BCUT2D eigenvalue weighted by Crippen LogP contribution is 2.17. The molecular weight excluding hydrogens is 276 g/mol. The minimum atomic E-state index is 0.254. The molecule has 8 heteroatoms. The van der Waals surface area contributed by atoms with E-state index in [9.17, 15) is 0 Å². The fraction of sp³-hybridized carbons (Fsp3) is 0.750. The molecule has 1 aromatic rings. The lowest BCUT2D eigenvalue weighted by molar-refractivity contribution is 0.296. The molecule has 2 heterocycles. The topological polar surface area (TPSA) is 100 Å². The van der Waals surface area contributed by atoms with Gasteiger partial charge in [-0.15, -0.1) is 0 Å². The van der Waals surface area contributed by atoms with Gasteiger partial charge in [0.15, 0.2) is 0 Å². The molecular formula is C12H22N6OS. The summed E-state index contributed by atoms with van der Waals surface area (Å²) < 4.78 is 0. The van der Waals surface area contributed by atoms with Crippen molar-refractivity contribution in [2.45, 2.75) is 19.3 Å². The average Bonchev–Trinajstić information content (AvgIpc) is 2.96. The molecule has 1 fully saturated rings. The molecule has 112 valence electrons. The molecule has 0 saturated carbocycles. The van der Waals surface area contributed by atoms with E-state index >= 15 is 0 Å². The van der Waals surface area contributed by atoms with Crippen molar-refractivity contribution in [3.05, 3.63) is 0 Å². The van der Waals surface area contributed by atoms with E-state index in [4.69, 9.17) is 10.8 Å². The predicted octanol–water partition coefficient (Wildman–Crippen LogP) is 0.581. The second kappa shape index (κ2) is 8.11. The van der Waals surface area contributed by atoms with Crippen molar-refractivity contribution >= 4 is 29.6 Å². The lowest BCUT2D eigenvalue weighted by atomic mass is 10.4. The van der Waals surface area contributed by atoms with Crippen LogP contribution in [0.4, 0.5) is 17.8 Å². The molecule has 0 aliphatic carbocycles. The second-order valence-electron chi connectivity index (χ2n) is 4.63. The fourth-order valence-corrected chi connectivity index (χ4v) is 2.81. The number of nitrogens with two attached hydrogens (primary N) is 1. The third kappa shape index (κ3) is 4.68. The largest absolute Gasteiger partial charge is 0.396 e. The van der Waals surface area contributed by atoms with Crippen LogP contribution < -0.4 is 16.0 Å². The molecule has 1 aliphatic rings. The summed E-state index contributed by atoms with van der Waals surface area (Å²) in [6.07, 6.45) is 3.19. The van der Waals surface area contributed by atoms with Crippen LogP contribution in [-0.4, -0.2) is 57.8 Å². The van der Waals surface area contributed by atoms with Gasteiger partial charge in [-0.25, -0.2) is 0 Å². The number of hydrogen-bond acceptors (Lipinski definition) is 8. The summed E-state index contributed by atoms with van der Waals surface area (Å²) in [5, 5.41) is 11.9. The summed E-state index contributed by atoms with van der Waals surface area (Å²) in [7, 11) is 0. The van der Waals surface area contributed by atoms with Gasteiger partial charge in [0.05, 0.1) is 0 Å². The highest BCUT2D eigenvalue weighted by molar-refractivity contribution is 7.99. The standard InChI is InChI=1S/C12H22N6OS/c13-10-15-11(14-4-9-20-8-3-7-19)17-12(16-10)18-5-1-2-6-18/h19H,1-9H2,(H3,13,14,15,16,17). The number of aliphatic hydroxyl groups is 1. The Balaban J connectivity index is 1.81. The highest BCUT2D eigenvalue weighted by Gasteiger charge is 2.16. The van der Waals surface area contributed by atoms with Crippen molar-refractivity contribution in [3.8, 4) is 0 Å². The van der Waals surface area contributed by atoms with Gasteiger partial charge in [0.2, 0.25) is 17.8 Å². The zero-order chi connectivity index (χ0) is 14.2. The first-order chi connectivity index (χ1) is 9.79. The van der Waals surface area contributed by atoms with Crippen LogP contribution in [0.5, 0.6) is 0 Å². The van der Waals surface area contributed by atoms with E-state index in [1.165, 1.54) is 12.8 Å². The summed E-state index contributed by atoms with van der Waals surface area (Å²) in [5.74, 6) is 3.39. The number of rotatable bonds is 8. The smallest absolute Gasteiger partial charge is 0.231 e. The molecule has 1 aliphatic heterocycles. The Kier molecular flexibility index (Phi) is 6.13. The van der Waals surface area contributed by atoms with Crippen molar-refractivity contribution in [2.75, 3.05) is 53.7 Å². The Labute approximate surface area is 123 Å². The van der Waals surface area contributed by atoms with Crippen molar-refractivity contribution in [3.63, 3.8) is 0 Å². The van der Waals surface area contributed by atoms with Gasteiger partial charge in [-0.05, 0) is 25.0 Å². The van der Waals surface area contributed by atoms with Gasteiger partial charge in [0, 0.05) is 32.0 Å². The van der Waals surface area contributed by atoms with Gasteiger partial charge in [-0.1, -0.05) is 0 Å². The SMILES string of the molecule is Nc1nc(NCCSCCCO)nc(N2CCCC2)n1. The molecule has 0 bridgehead atoms. The molecule has 0 atom stereocenters. The fourth-order valence-electron chi connectivity index (χ4n) is 2.02. The number of nitrogens with zero attached hydrogens (tertiary/aromatic N) is 4. The van der Waals surface area contributed by atoms with Gasteiger partial charge in [-0.2, -0.15) is 26.7 Å². The molecule has 7 nitrogen and oxygen atoms in total. The zero-order valence-electron chi connectivity index (χ0n) is 11.6. The van der Waals surface area contributed by atoms with Crippen LogP contribution in [0.1, 0.15) is 19.3 Å². The van der Waals surface area contributed by atoms with Crippen LogP contribution in [0, 0.1) is 0 Å². The minimum Gasteiger partial charge on any atom is -0.396 e. The summed E-state index contributed by atoms with van der Waals surface area (Å²) >= 11 is 1.80. The number of hydrogen-bond donors (Lipinski definition) is 3. The Bertz CT molecular complexity index is 413. The van der Waals surface area contributed by atoms with E-state index in [-0.39, 0.29) is 12.6 Å². The normalized spacial score (nSPS) is 14.8. The predicted molar refractivity (Wildman–Crippen MR) is 83.2 cm³/mol. The van der Waals surface area contributed by atoms with E-state index in [1.807, 2.05) is 0 Å². The van der Waals surface area contributed by atoms with Crippen molar-refractivity contribution in [1.29, 1.82) is 0 Å². The van der Waals surface area contributed by atoms with Crippen LogP contribution in [0.15, 0.2) is 0 Å². The van der Waals surface area contributed by atoms with Crippen LogP contribution in [0.2, 0.25) is 0 Å². The van der Waals surface area contributed by atoms with Crippen LogP contribution in [-0.2, 0) is 0 Å². The van der Waals surface area contributed by atoms with Gasteiger partial charge in [-0.3, -0.25) is 0 Å². The molecule has 1 aromatic heterocycles. The van der Waals surface area contributed by atoms with Crippen molar-refractivity contribution in [2.24, 2.45) is 0 Å². The second-order valence-corrected chi connectivity index (χ2v) is 5.85. The monoisotopic (exact) mass is 298 g/mol. The third-order valence-corrected chi connectivity index (χ3v) is 4.08. The van der Waals surface area contributed by atoms with Gasteiger partial charge in [0.1, 0.15) is 0 Å². The Morgan fingerprint density at radius 2 is 2.00 bits per heavy atom. The number of aromatic nitrogens is 3. The summed E-state index contributed by atoms with van der Waals surface area (Å²) in [6.45, 7) is 3.00. The van der Waals surface area contributed by atoms with E-state index in [0.717, 1.165) is 37.6 Å². The van der Waals surface area contributed by atoms with E-state index in [0.29, 0.717) is 11.9 Å². The molecule has 4 N–H and O–H groups in total. The quantitative estimate of drug-likeness (QED) is 0.599. The molecule has 0 amide bonds. The molecule has 0 radical (unpaired) electrons. The maximum absolute atomic E-state index is 8.69. The zero-order valence-corrected chi connectivity index (χ0v) is 12.4. The Morgan fingerprint density at radius 1 is 1.20 bits per heavy atom. The number of nitrogens with one attached hydrogen (secondary N) is 1. The summed E-state index contributed by atoms with van der Waals surface area (Å²) in [6, 6.07) is 0. The number of anilines is 3. The molecule has 0 spiro atoms. The first kappa shape index (κ1) is 15.1. The van der Waals surface area contributed by atoms with Gasteiger partial charge in [0.25, 0.3) is 0 Å². The van der Waals surface area contributed by atoms with Crippen molar-refractivity contribution < 1.29 is 5.11 Å². The average molecular weight is 298 g/mol. The van der Waals surface area contributed by atoms with Crippen molar-refractivity contribution in [1.82, 2.24) is 15.0 Å². The maximum atomic E-state index is 8.69. The minimum absolute atomic E-state index is 0.254. The summed E-state index contributed by atoms with van der Waals surface area (Å²) in [4.78, 5) is 14.9. The highest BCUT2D eigenvalue weighted by atomic mass is 32.2. The molecule has 1 saturated heterocycles. The number of aliphatic hydroxyl groups excluding tert-OH is 1. The van der Waals surface area contributed by atoms with Crippen LogP contribution in [0.3, 0.4) is 0 Å². The lowest BCUT2D eigenvalue weighted by Crippen LogP contribution is -2.22. The van der Waals surface area contributed by atoms with Crippen LogP contribution >= 0.6 is 11.8 Å². The van der Waals surface area contributed by atoms with Gasteiger partial charge < -0.3 is 21.1 Å². The Morgan fingerprint density at radius 3 is 2.75 bits per heavy atom. The maximum Gasteiger partial charge on any atom is 0.231 e. The van der Waals surface area contributed by atoms with E-state index < -0.39 is 0 Å². The van der Waals surface area contributed by atoms with Gasteiger partial charge >= 0.3 is 0 Å². The molecule has 2 rings (SSSR count). The molecule has 0 aromatic carbocycles. The molecule has 20 heavy (non-hydrogen) atoms. The molecule has 0 unspecified atom stereocenters. The van der Waals surface area contributed by atoms with E-state index in [2.05, 4.69) is 25.2 Å².